The highest BCUT2D eigenvalue weighted by atomic mass is 35.5. The van der Waals surface area contributed by atoms with Crippen LogP contribution in [0.1, 0.15) is 25.7 Å². The molecule has 1 aliphatic carbocycles. The number of halogens is 1. The molecule has 146 valence electrons. The second-order valence-corrected chi connectivity index (χ2v) is 9.52. The van der Waals surface area contributed by atoms with E-state index in [1.165, 1.54) is 6.20 Å². The van der Waals surface area contributed by atoms with Crippen LogP contribution in [0.2, 0.25) is 5.02 Å². The van der Waals surface area contributed by atoms with Crippen molar-refractivity contribution in [2.75, 3.05) is 23.7 Å². The van der Waals surface area contributed by atoms with Crippen LogP contribution < -0.4 is 10.6 Å². The third kappa shape index (κ3) is 4.02. The molecule has 11 heteroatoms. The predicted molar refractivity (Wildman–Crippen MR) is 104 cm³/mol. The van der Waals surface area contributed by atoms with Crippen LogP contribution in [0, 0.1) is 0 Å². The van der Waals surface area contributed by atoms with Crippen molar-refractivity contribution in [3.63, 3.8) is 0 Å². The van der Waals surface area contributed by atoms with E-state index in [0.717, 1.165) is 31.4 Å². The molecule has 1 atom stereocenters. The average Bonchev–Trinajstić information content (AvgIpc) is 3.26. The standard InChI is InChI=1S/C16H22ClN7O2S/c1-23-10-11(7-20-23)21-16-19-9-14(17)15(22-16)18-8-12-3-2-6-24(12)27(25,26)13-4-5-13/h7,9-10,12-13H,2-6,8H2,1H3,(H2,18,19,21,22)/t12-/m1/s1. The Kier molecular flexibility index (Phi) is 4.95. The number of nitrogens with one attached hydrogen (secondary N) is 2. The Morgan fingerprint density at radius 2 is 2.11 bits per heavy atom. The van der Waals surface area contributed by atoms with Gasteiger partial charge in [0.05, 0.1) is 23.3 Å². The monoisotopic (exact) mass is 411 g/mol. The van der Waals surface area contributed by atoms with Gasteiger partial charge in [-0.15, -0.1) is 0 Å². The van der Waals surface area contributed by atoms with Gasteiger partial charge in [-0.05, 0) is 25.7 Å². The van der Waals surface area contributed by atoms with Crippen molar-refractivity contribution in [1.82, 2.24) is 24.1 Å². The summed E-state index contributed by atoms with van der Waals surface area (Å²) >= 11 is 6.21. The minimum absolute atomic E-state index is 0.0728. The van der Waals surface area contributed by atoms with Gasteiger partial charge in [0.1, 0.15) is 5.02 Å². The Bertz CT molecular complexity index is 929. The summed E-state index contributed by atoms with van der Waals surface area (Å²) in [6, 6.07) is -0.0728. The van der Waals surface area contributed by atoms with Gasteiger partial charge in [0.2, 0.25) is 16.0 Å². The van der Waals surface area contributed by atoms with E-state index in [1.54, 1.807) is 15.2 Å². The number of aryl methyl sites for hydroxylation is 1. The molecule has 0 bridgehead atoms. The van der Waals surface area contributed by atoms with E-state index < -0.39 is 10.0 Å². The van der Waals surface area contributed by atoms with E-state index in [0.29, 0.717) is 29.9 Å². The maximum absolute atomic E-state index is 12.6. The van der Waals surface area contributed by atoms with E-state index in [2.05, 4.69) is 25.7 Å². The van der Waals surface area contributed by atoms with E-state index >= 15 is 0 Å². The van der Waals surface area contributed by atoms with E-state index in [9.17, 15) is 8.42 Å². The molecule has 2 fully saturated rings. The van der Waals surface area contributed by atoms with Gasteiger partial charge in [0, 0.05) is 32.4 Å². The molecule has 1 saturated carbocycles. The van der Waals surface area contributed by atoms with Crippen LogP contribution in [-0.2, 0) is 17.1 Å². The molecular formula is C16H22ClN7O2S. The fourth-order valence-corrected chi connectivity index (χ4v) is 5.54. The minimum atomic E-state index is -3.17. The number of anilines is 3. The molecule has 0 aromatic carbocycles. The first-order valence-electron chi connectivity index (χ1n) is 8.96. The van der Waals surface area contributed by atoms with Crippen LogP contribution in [0.15, 0.2) is 18.6 Å². The first kappa shape index (κ1) is 18.5. The summed E-state index contributed by atoms with van der Waals surface area (Å²) in [5.74, 6) is 0.873. The molecule has 4 rings (SSSR count). The van der Waals surface area contributed by atoms with E-state index in [-0.39, 0.29) is 11.3 Å². The van der Waals surface area contributed by atoms with Crippen molar-refractivity contribution >= 4 is 39.1 Å². The summed E-state index contributed by atoms with van der Waals surface area (Å²) < 4.78 is 28.5. The highest BCUT2D eigenvalue weighted by Gasteiger charge is 2.44. The SMILES string of the molecule is Cn1cc(Nc2ncc(Cl)c(NC[C@H]3CCCN3S(=O)(=O)C3CC3)n2)cn1. The van der Waals surface area contributed by atoms with Crippen molar-refractivity contribution in [2.24, 2.45) is 7.05 Å². The molecule has 2 N–H and O–H groups in total. The quantitative estimate of drug-likeness (QED) is 0.717. The van der Waals surface area contributed by atoms with Crippen molar-refractivity contribution in [3.05, 3.63) is 23.6 Å². The van der Waals surface area contributed by atoms with Gasteiger partial charge < -0.3 is 10.6 Å². The zero-order valence-corrected chi connectivity index (χ0v) is 16.5. The van der Waals surface area contributed by atoms with Gasteiger partial charge in [0.15, 0.2) is 5.82 Å². The lowest BCUT2D eigenvalue weighted by atomic mass is 10.2. The topological polar surface area (TPSA) is 105 Å². The van der Waals surface area contributed by atoms with Crippen molar-refractivity contribution in [1.29, 1.82) is 0 Å². The molecular weight excluding hydrogens is 390 g/mol. The molecule has 1 saturated heterocycles. The smallest absolute Gasteiger partial charge is 0.229 e. The lowest BCUT2D eigenvalue weighted by molar-refractivity contribution is 0.398. The van der Waals surface area contributed by atoms with Crippen LogP contribution >= 0.6 is 11.6 Å². The van der Waals surface area contributed by atoms with Gasteiger partial charge in [-0.25, -0.2) is 13.4 Å². The Morgan fingerprint density at radius 1 is 1.30 bits per heavy atom. The zero-order valence-electron chi connectivity index (χ0n) is 15.0. The highest BCUT2D eigenvalue weighted by Crippen LogP contribution is 2.35. The number of aromatic nitrogens is 4. The predicted octanol–water partition coefficient (Wildman–Crippen LogP) is 1.98. The third-order valence-corrected chi connectivity index (χ3v) is 7.53. The Balaban J connectivity index is 1.43. The van der Waals surface area contributed by atoms with Gasteiger partial charge in [-0.2, -0.15) is 14.4 Å². The second-order valence-electron chi connectivity index (χ2n) is 6.95. The average molecular weight is 412 g/mol. The normalized spacial score (nSPS) is 20.7. The Hall–Kier alpha value is -1.91. The Morgan fingerprint density at radius 3 is 2.81 bits per heavy atom. The summed E-state index contributed by atoms with van der Waals surface area (Å²) in [6.45, 7) is 1.06. The molecule has 2 aromatic heterocycles. The summed E-state index contributed by atoms with van der Waals surface area (Å²) in [7, 11) is -1.35. The largest absolute Gasteiger partial charge is 0.367 e. The van der Waals surface area contributed by atoms with Gasteiger partial charge in [-0.1, -0.05) is 11.6 Å². The van der Waals surface area contributed by atoms with Crippen LogP contribution in [0.4, 0.5) is 17.5 Å². The molecule has 27 heavy (non-hydrogen) atoms. The summed E-state index contributed by atoms with van der Waals surface area (Å²) in [4.78, 5) is 8.57. The first-order valence-corrected chi connectivity index (χ1v) is 10.8. The van der Waals surface area contributed by atoms with Crippen LogP contribution in [0.25, 0.3) is 0 Å². The van der Waals surface area contributed by atoms with E-state index in [4.69, 9.17) is 11.6 Å². The lowest BCUT2D eigenvalue weighted by Crippen LogP contribution is -2.41. The number of sulfonamides is 1. The number of hydrogen-bond donors (Lipinski definition) is 2. The number of rotatable bonds is 7. The first-order chi connectivity index (χ1) is 12.9. The number of nitrogens with zero attached hydrogens (tertiary/aromatic N) is 5. The van der Waals surface area contributed by atoms with Crippen LogP contribution in [-0.4, -0.2) is 56.9 Å². The molecule has 3 heterocycles. The van der Waals surface area contributed by atoms with Gasteiger partial charge in [-0.3, -0.25) is 4.68 Å². The van der Waals surface area contributed by atoms with Gasteiger partial charge >= 0.3 is 0 Å². The summed E-state index contributed by atoms with van der Waals surface area (Å²) in [5.41, 5.74) is 0.767. The fourth-order valence-electron chi connectivity index (χ4n) is 3.29. The van der Waals surface area contributed by atoms with Crippen molar-refractivity contribution < 1.29 is 8.42 Å². The minimum Gasteiger partial charge on any atom is -0.367 e. The highest BCUT2D eigenvalue weighted by molar-refractivity contribution is 7.90. The zero-order chi connectivity index (χ0) is 19.0. The fraction of sp³-hybridized carbons (Fsp3) is 0.562. The molecule has 1 aliphatic heterocycles. The molecule has 0 radical (unpaired) electrons. The lowest BCUT2D eigenvalue weighted by Gasteiger charge is -2.24. The van der Waals surface area contributed by atoms with E-state index in [1.807, 2.05) is 13.2 Å². The maximum atomic E-state index is 12.6. The molecule has 2 aliphatic rings. The third-order valence-electron chi connectivity index (χ3n) is 4.81. The molecule has 9 nitrogen and oxygen atoms in total. The molecule has 0 amide bonds. The summed E-state index contributed by atoms with van der Waals surface area (Å²) in [6.07, 6.45) is 8.27. The van der Waals surface area contributed by atoms with Crippen LogP contribution in [0.3, 0.4) is 0 Å². The summed E-state index contributed by atoms with van der Waals surface area (Å²) in [5, 5.41) is 10.6. The second kappa shape index (κ2) is 7.25. The van der Waals surface area contributed by atoms with Crippen LogP contribution in [0.5, 0.6) is 0 Å². The molecule has 0 spiro atoms. The van der Waals surface area contributed by atoms with Gasteiger partial charge in [0.25, 0.3) is 0 Å². The molecule has 2 aromatic rings. The van der Waals surface area contributed by atoms with Crippen molar-refractivity contribution in [2.45, 2.75) is 37.0 Å². The van der Waals surface area contributed by atoms with Crippen molar-refractivity contribution in [3.8, 4) is 0 Å². The molecule has 0 unspecified atom stereocenters. The Labute approximate surface area is 163 Å². The number of hydrogen-bond acceptors (Lipinski definition) is 7. The maximum Gasteiger partial charge on any atom is 0.229 e.